The summed E-state index contributed by atoms with van der Waals surface area (Å²) in [5.74, 6) is -0.446. The van der Waals surface area contributed by atoms with Crippen LogP contribution in [0.1, 0.15) is 244 Å². The topological polar surface area (TPSA) is 109 Å². The van der Waals surface area contributed by atoms with Crippen LogP contribution in [0, 0.1) is 0 Å². The van der Waals surface area contributed by atoms with Crippen molar-refractivity contribution < 1.29 is 29.4 Å². The molecule has 0 aromatic rings. The fraction of sp³-hybridized carbons (Fsp3) is 0.905. The Morgan fingerprint density at radius 1 is 0.208 bits per heavy atom. The van der Waals surface area contributed by atoms with E-state index in [1.807, 2.05) is 0 Å². The zero-order chi connectivity index (χ0) is 35.2. The van der Waals surface area contributed by atoms with E-state index in [1.165, 1.54) is 141 Å². The third-order valence-corrected chi connectivity index (χ3v) is 9.85. The SMILES string of the molecule is O=C(O)CCCCCCCCCCCCCC(=O)CCCCCCCCCCCCC(=O)CCCCCCCCCCCCCC(=O)O. The molecule has 0 atom stereocenters. The van der Waals surface area contributed by atoms with Crippen molar-refractivity contribution in [2.45, 2.75) is 244 Å². The van der Waals surface area contributed by atoms with Crippen LogP contribution in [0.3, 0.4) is 0 Å². The molecular weight excluding hydrogens is 600 g/mol. The van der Waals surface area contributed by atoms with E-state index >= 15 is 0 Å². The minimum Gasteiger partial charge on any atom is -0.481 e. The van der Waals surface area contributed by atoms with Crippen LogP contribution < -0.4 is 0 Å². The summed E-state index contributed by atoms with van der Waals surface area (Å²) in [5.41, 5.74) is 0. The molecule has 0 radical (unpaired) electrons. The molecule has 0 fully saturated rings. The van der Waals surface area contributed by atoms with Gasteiger partial charge in [0, 0.05) is 38.5 Å². The van der Waals surface area contributed by atoms with Crippen molar-refractivity contribution in [1.29, 1.82) is 0 Å². The first-order chi connectivity index (χ1) is 23.4. The number of hydrogen-bond donors (Lipinski definition) is 2. The Morgan fingerprint density at radius 3 is 0.479 bits per heavy atom. The Labute approximate surface area is 296 Å². The molecule has 0 aliphatic heterocycles. The zero-order valence-corrected chi connectivity index (χ0v) is 31.4. The first-order valence-electron chi connectivity index (χ1n) is 20.9. The molecule has 0 saturated heterocycles. The molecule has 0 aliphatic carbocycles. The Morgan fingerprint density at radius 2 is 0.333 bits per heavy atom. The molecule has 0 aromatic heterocycles. The van der Waals surface area contributed by atoms with Gasteiger partial charge in [0.2, 0.25) is 0 Å². The van der Waals surface area contributed by atoms with Crippen molar-refractivity contribution >= 4 is 23.5 Å². The van der Waals surface area contributed by atoms with Crippen molar-refractivity contribution in [3.05, 3.63) is 0 Å². The standard InChI is InChI=1S/C42H78O6/c43-39(33-27-21-15-9-3-1-5-13-19-25-31-37-41(45)46)35-29-23-17-11-7-8-12-18-24-30-36-40(44)34-28-22-16-10-4-2-6-14-20-26-32-38-42(47)48/h1-38H2,(H,45,46)(H,47,48). The second kappa shape index (κ2) is 38.1. The second-order valence-electron chi connectivity index (χ2n) is 14.7. The Bertz CT molecular complexity index is 686. The van der Waals surface area contributed by atoms with E-state index in [-0.39, 0.29) is 0 Å². The van der Waals surface area contributed by atoms with Crippen molar-refractivity contribution in [2.75, 3.05) is 0 Å². The van der Waals surface area contributed by atoms with Crippen LogP contribution in [0.15, 0.2) is 0 Å². The lowest BCUT2D eigenvalue weighted by Crippen LogP contribution is -1.98. The van der Waals surface area contributed by atoms with Crippen LogP contribution in [0.4, 0.5) is 0 Å². The van der Waals surface area contributed by atoms with Gasteiger partial charge in [-0.3, -0.25) is 19.2 Å². The molecule has 6 nitrogen and oxygen atoms in total. The van der Waals surface area contributed by atoms with Crippen molar-refractivity contribution in [3.63, 3.8) is 0 Å². The second-order valence-corrected chi connectivity index (χ2v) is 14.7. The molecule has 0 amide bonds. The fourth-order valence-electron chi connectivity index (χ4n) is 6.69. The summed E-state index contributed by atoms with van der Waals surface area (Å²) >= 11 is 0. The van der Waals surface area contributed by atoms with E-state index < -0.39 is 11.9 Å². The van der Waals surface area contributed by atoms with Gasteiger partial charge < -0.3 is 10.2 Å². The summed E-state index contributed by atoms with van der Waals surface area (Å²) in [6.07, 6.45) is 41.5. The molecule has 0 saturated carbocycles. The average molecular weight is 679 g/mol. The number of ketones is 2. The number of rotatable bonds is 41. The third kappa shape index (κ3) is 40.5. The summed E-state index contributed by atoms with van der Waals surface area (Å²) in [6, 6.07) is 0. The number of carboxylic acids is 2. The maximum absolute atomic E-state index is 12.2. The molecule has 0 spiro atoms. The summed E-state index contributed by atoms with van der Waals surface area (Å²) in [5, 5.41) is 17.3. The smallest absolute Gasteiger partial charge is 0.303 e. The fourth-order valence-corrected chi connectivity index (χ4v) is 6.69. The van der Waals surface area contributed by atoms with Gasteiger partial charge >= 0.3 is 11.9 Å². The molecule has 0 bridgehead atoms. The number of unbranched alkanes of at least 4 members (excludes halogenated alkanes) is 29. The maximum atomic E-state index is 12.2. The van der Waals surface area contributed by atoms with Gasteiger partial charge in [-0.2, -0.15) is 0 Å². The first-order valence-corrected chi connectivity index (χ1v) is 20.9. The largest absolute Gasteiger partial charge is 0.481 e. The average Bonchev–Trinajstić information content (AvgIpc) is 3.05. The predicted octanol–water partition coefficient (Wildman–Crippen LogP) is 13.1. The lowest BCUT2D eigenvalue weighted by molar-refractivity contribution is -0.138. The number of carbonyl (C=O) groups excluding carboxylic acids is 2. The van der Waals surface area contributed by atoms with Gasteiger partial charge in [0.15, 0.2) is 0 Å². The maximum Gasteiger partial charge on any atom is 0.303 e. The summed E-state index contributed by atoms with van der Waals surface area (Å²) < 4.78 is 0. The summed E-state index contributed by atoms with van der Waals surface area (Å²) in [7, 11) is 0. The Balaban J connectivity index is 3.24. The minimum absolute atomic E-state index is 0.309. The quantitative estimate of drug-likeness (QED) is 0.0623. The van der Waals surface area contributed by atoms with Crippen LogP contribution in [-0.4, -0.2) is 33.7 Å². The van der Waals surface area contributed by atoms with Crippen molar-refractivity contribution in [3.8, 4) is 0 Å². The van der Waals surface area contributed by atoms with Crippen molar-refractivity contribution in [2.24, 2.45) is 0 Å². The highest BCUT2D eigenvalue weighted by Crippen LogP contribution is 2.16. The van der Waals surface area contributed by atoms with E-state index in [4.69, 9.17) is 10.2 Å². The molecule has 6 heteroatoms. The highest BCUT2D eigenvalue weighted by Gasteiger charge is 2.04. The predicted molar refractivity (Wildman–Crippen MR) is 201 cm³/mol. The van der Waals surface area contributed by atoms with Gasteiger partial charge in [-0.15, -0.1) is 0 Å². The molecule has 48 heavy (non-hydrogen) atoms. The number of aliphatic carboxylic acids is 2. The summed E-state index contributed by atoms with van der Waals surface area (Å²) in [4.78, 5) is 45.3. The van der Waals surface area contributed by atoms with E-state index in [2.05, 4.69) is 0 Å². The third-order valence-electron chi connectivity index (χ3n) is 9.85. The molecule has 0 heterocycles. The molecule has 0 rings (SSSR count). The molecule has 0 unspecified atom stereocenters. The highest BCUT2D eigenvalue weighted by molar-refractivity contribution is 5.78. The van der Waals surface area contributed by atoms with E-state index in [0.29, 0.717) is 24.4 Å². The Kier molecular flexibility index (Phi) is 36.7. The Hall–Kier alpha value is -1.72. The van der Waals surface area contributed by atoms with Gasteiger partial charge in [-0.1, -0.05) is 167 Å². The van der Waals surface area contributed by atoms with Gasteiger partial charge in [0.05, 0.1) is 0 Å². The van der Waals surface area contributed by atoms with Gasteiger partial charge in [0.25, 0.3) is 0 Å². The lowest BCUT2D eigenvalue weighted by atomic mass is 10.0. The highest BCUT2D eigenvalue weighted by atomic mass is 16.4. The van der Waals surface area contributed by atoms with Gasteiger partial charge in [-0.05, 0) is 38.5 Å². The summed E-state index contributed by atoms with van der Waals surface area (Å²) in [6.45, 7) is 0. The van der Waals surface area contributed by atoms with E-state index in [0.717, 1.165) is 89.9 Å². The van der Waals surface area contributed by atoms with Crippen LogP contribution in [-0.2, 0) is 19.2 Å². The number of carbonyl (C=O) groups is 4. The minimum atomic E-state index is -0.680. The van der Waals surface area contributed by atoms with Crippen LogP contribution in [0.25, 0.3) is 0 Å². The lowest BCUT2D eigenvalue weighted by Gasteiger charge is -2.05. The van der Waals surface area contributed by atoms with Crippen LogP contribution in [0.2, 0.25) is 0 Å². The molecule has 2 N–H and O–H groups in total. The molecule has 0 aliphatic rings. The van der Waals surface area contributed by atoms with Crippen molar-refractivity contribution in [1.82, 2.24) is 0 Å². The van der Waals surface area contributed by atoms with E-state index in [1.54, 1.807) is 0 Å². The van der Waals surface area contributed by atoms with E-state index in [9.17, 15) is 19.2 Å². The first kappa shape index (κ1) is 46.3. The molecular formula is C42H78O6. The molecule has 0 aromatic carbocycles. The van der Waals surface area contributed by atoms with Crippen LogP contribution in [0.5, 0.6) is 0 Å². The monoisotopic (exact) mass is 679 g/mol. The van der Waals surface area contributed by atoms with Gasteiger partial charge in [-0.25, -0.2) is 0 Å². The van der Waals surface area contributed by atoms with Crippen LogP contribution >= 0.6 is 0 Å². The number of hydrogen-bond acceptors (Lipinski definition) is 4. The zero-order valence-electron chi connectivity index (χ0n) is 31.4. The molecule has 282 valence electrons. The number of carboxylic acid groups (broad SMARTS) is 2. The number of Topliss-reactive ketones (excluding diaryl/α,β-unsaturated/α-hetero) is 2. The normalized spacial score (nSPS) is 11.2. The van der Waals surface area contributed by atoms with Gasteiger partial charge in [0.1, 0.15) is 11.6 Å².